The molecule has 0 saturated heterocycles. The van der Waals surface area contributed by atoms with Crippen molar-refractivity contribution in [3.05, 3.63) is 96.3 Å². The second-order valence-corrected chi connectivity index (χ2v) is 9.18. The number of aromatic nitrogens is 4. The van der Waals surface area contributed by atoms with Crippen LogP contribution >= 0.6 is 12.2 Å². The lowest BCUT2D eigenvalue weighted by molar-refractivity contribution is 0.869. The standard InChI is InChI=1S/C28H26N6S/c1-18(2)23-6-4-5-7-25(23)32-28(35)30-21-11-15-24-20(16-21)10-14-26(31-24)27-29-17-34(33-27)22-12-8-19(3)9-13-22/h4-18H,1-3H3,(H2,30,32,35). The molecule has 6 nitrogen and oxygen atoms in total. The SMILES string of the molecule is Cc1ccc(-n2cnc(-c3ccc4cc(NC(=S)Nc5ccccc5C(C)C)ccc4n3)n2)cc1. The van der Waals surface area contributed by atoms with Crippen LogP contribution in [0.25, 0.3) is 28.1 Å². The second-order valence-electron chi connectivity index (χ2n) is 8.77. The van der Waals surface area contributed by atoms with Crippen LogP contribution in [0, 0.1) is 6.92 Å². The third-order valence-corrected chi connectivity index (χ3v) is 6.00. The van der Waals surface area contributed by atoms with Gasteiger partial charge in [0.2, 0.25) is 0 Å². The van der Waals surface area contributed by atoms with Crippen LogP contribution in [-0.4, -0.2) is 24.9 Å². The first-order valence-corrected chi connectivity index (χ1v) is 11.9. The fourth-order valence-corrected chi connectivity index (χ4v) is 4.16. The van der Waals surface area contributed by atoms with E-state index in [4.69, 9.17) is 17.2 Å². The van der Waals surface area contributed by atoms with Gasteiger partial charge in [-0.3, -0.25) is 0 Å². The predicted molar refractivity (Wildman–Crippen MR) is 147 cm³/mol. The molecule has 7 heteroatoms. The van der Waals surface area contributed by atoms with Crippen LogP contribution in [0.5, 0.6) is 0 Å². The number of hydrogen-bond donors (Lipinski definition) is 2. The van der Waals surface area contributed by atoms with Gasteiger partial charge in [-0.2, -0.15) is 0 Å². The zero-order chi connectivity index (χ0) is 24.4. The van der Waals surface area contributed by atoms with Gasteiger partial charge in [0.25, 0.3) is 0 Å². The Bertz CT molecular complexity index is 1500. The molecule has 2 aromatic heterocycles. The molecule has 2 heterocycles. The van der Waals surface area contributed by atoms with Crippen LogP contribution in [0.15, 0.2) is 85.2 Å². The Hall–Kier alpha value is -4.10. The van der Waals surface area contributed by atoms with Gasteiger partial charge in [0.15, 0.2) is 10.9 Å². The molecule has 5 aromatic rings. The van der Waals surface area contributed by atoms with E-state index in [0.29, 0.717) is 16.9 Å². The molecule has 0 aliphatic rings. The Morgan fingerprint density at radius 3 is 2.51 bits per heavy atom. The smallest absolute Gasteiger partial charge is 0.200 e. The molecule has 0 amide bonds. The summed E-state index contributed by atoms with van der Waals surface area (Å²) in [4.78, 5) is 9.23. The fourth-order valence-electron chi connectivity index (χ4n) is 3.93. The predicted octanol–water partition coefficient (Wildman–Crippen LogP) is 6.72. The number of para-hydroxylation sites is 1. The highest BCUT2D eigenvalue weighted by Crippen LogP contribution is 2.25. The van der Waals surface area contributed by atoms with Crippen LogP contribution in [0.4, 0.5) is 11.4 Å². The number of hydrogen-bond acceptors (Lipinski definition) is 4. The van der Waals surface area contributed by atoms with Crippen molar-refractivity contribution in [2.24, 2.45) is 0 Å². The maximum Gasteiger partial charge on any atom is 0.200 e. The van der Waals surface area contributed by atoms with E-state index in [1.54, 1.807) is 11.0 Å². The highest BCUT2D eigenvalue weighted by atomic mass is 32.1. The van der Waals surface area contributed by atoms with E-state index in [1.807, 2.05) is 60.7 Å². The number of benzene rings is 3. The molecule has 0 atom stereocenters. The summed E-state index contributed by atoms with van der Waals surface area (Å²) >= 11 is 5.56. The van der Waals surface area contributed by atoms with Crippen molar-refractivity contribution in [3.8, 4) is 17.2 Å². The molecule has 2 N–H and O–H groups in total. The lowest BCUT2D eigenvalue weighted by Gasteiger charge is -2.16. The number of nitrogens with one attached hydrogen (secondary N) is 2. The van der Waals surface area contributed by atoms with Crippen molar-refractivity contribution in [3.63, 3.8) is 0 Å². The number of nitrogens with zero attached hydrogens (tertiary/aromatic N) is 4. The van der Waals surface area contributed by atoms with Crippen molar-refractivity contribution >= 4 is 39.6 Å². The topological polar surface area (TPSA) is 67.7 Å². The molecular weight excluding hydrogens is 452 g/mol. The summed E-state index contributed by atoms with van der Waals surface area (Å²) in [6.07, 6.45) is 1.71. The first-order chi connectivity index (χ1) is 17.0. The van der Waals surface area contributed by atoms with Gasteiger partial charge in [0.1, 0.15) is 12.0 Å². The zero-order valence-electron chi connectivity index (χ0n) is 19.9. The molecule has 0 spiro atoms. The number of pyridine rings is 1. The Labute approximate surface area is 210 Å². The number of fused-ring (bicyclic) bond motifs is 1. The van der Waals surface area contributed by atoms with E-state index in [-0.39, 0.29) is 0 Å². The Morgan fingerprint density at radius 2 is 1.71 bits per heavy atom. The van der Waals surface area contributed by atoms with E-state index in [2.05, 4.69) is 59.7 Å². The van der Waals surface area contributed by atoms with Crippen LogP contribution in [0.1, 0.15) is 30.9 Å². The van der Waals surface area contributed by atoms with E-state index >= 15 is 0 Å². The van der Waals surface area contributed by atoms with Crippen LogP contribution in [0.2, 0.25) is 0 Å². The highest BCUT2D eigenvalue weighted by molar-refractivity contribution is 7.80. The van der Waals surface area contributed by atoms with Gasteiger partial charge in [-0.05, 0) is 73.1 Å². The average Bonchev–Trinajstić information content (AvgIpc) is 3.34. The minimum atomic E-state index is 0.403. The third-order valence-electron chi connectivity index (χ3n) is 5.80. The van der Waals surface area contributed by atoms with Gasteiger partial charge in [0.05, 0.1) is 11.2 Å². The highest BCUT2D eigenvalue weighted by Gasteiger charge is 2.10. The largest absolute Gasteiger partial charge is 0.332 e. The molecule has 0 fully saturated rings. The van der Waals surface area contributed by atoms with Gasteiger partial charge in [-0.1, -0.05) is 55.8 Å². The van der Waals surface area contributed by atoms with Crippen molar-refractivity contribution < 1.29 is 0 Å². The maximum atomic E-state index is 5.56. The van der Waals surface area contributed by atoms with Crippen molar-refractivity contribution in [2.75, 3.05) is 10.6 Å². The van der Waals surface area contributed by atoms with E-state index in [9.17, 15) is 0 Å². The monoisotopic (exact) mass is 478 g/mol. The summed E-state index contributed by atoms with van der Waals surface area (Å²) in [5, 5.41) is 12.8. The normalized spacial score (nSPS) is 11.1. The third kappa shape index (κ3) is 5.05. The van der Waals surface area contributed by atoms with Crippen LogP contribution in [0.3, 0.4) is 0 Å². The number of anilines is 2. The van der Waals surface area contributed by atoms with Gasteiger partial charge in [-0.15, -0.1) is 5.10 Å². The summed E-state index contributed by atoms with van der Waals surface area (Å²) in [6, 6.07) is 26.3. The Kier molecular flexibility index (Phi) is 6.25. The van der Waals surface area contributed by atoms with Gasteiger partial charge < -0.3 is 10.6 Å². The van der Waals surface area contributed by atoms with E-state index in [1.165, 1.54) is 11.1 Å². The van der Waals surface area contributed by atoms with Gasteiger partial charge in [0, 0.05) is 16.8 Å². The molecule has 35 heavy (non-hydrogen) atoms. The van der Waals surface area contributed by atoms with E-state index in [0.717, 1.165) is 33.7 Å². The first kappa shape index (κ1) is 22.7. The molecule has 0 bridgehead atoms. The maximum absolute atomic E-state index is 5.56. The van der Waals surface area contributed by atoms with Crippen molar-refractivity contribution in [1.82, 2.24) is 19.7 Å². The molecule has 0 unspecified atom stereocenters. The number of thiocarbonyl (C=S) groups is 1. The molecule has 0 saturated carbocycles. The van der Waals surface area contributed by atoms with Crippen LogP contribution < -0.4 is 10.6 Å². The Balaban J connectivity index is 1.32. The molecule has 0 aliphatic heterocycles. The summed E-state index contributed by atoms with van der Waals surface area (Å²) in [5.41, 5.74) is 6.90. The first-order valence-electron chi connectivity index (χ1n) is 11.5. The average molecular weight is 479 g/mol. The minimum Gasteiger partial charge on any atom is -0.332 e. The van der Waals surface area contributed by atoms with Gasteiger partial charge >= 0.3 is 0 Å². The lowest BCUT2D eigenvalue weighted by atomic mass is 10.0. The molecule has 174 valence electrons. The van der Waals surface area contributed by atoms with Gasteiger partial charge in [-0.25, -0.2) is 14.6 Å². The second kappa shape index (κ2) is 9.64. The number of aryl methyl sites for hydroxylation is 1. The van der Waals surface area contributed by atoms with Crippen molar-refractivity contribution in [2.45, 2.75) is 26.7 Å². The molecule has 0 radical (unpaired) electrons. The lowest BCUT2D eigenvalue weighted by Crippen LogP contribution is -2.20. The van der Waals surface area contributed by atoms with E-state index < -0.39 is 0 Å². The zero-order valence-corrected chi connectivity index (χ0v) is 20.7. The summed E-state index contributed by atoms with van der Waals surface area (Å²) in [6.45, 7) is 6.40. The van der Waals surface area contributed by atoms with Crippen molar-refractivity contribution in [1.29, 1.82) is 0 Å². The summed E-state index contributed by atoms with van der Waals surface area (Å²) in [5.74, 6) is 0.990. The minimum absolute atomic E-state index is 0.403. The summed E-state index contributed by atoms with van der Waals surface area (Å²) in [7, 11) is 0. The quantitative estimate of drug-likeness (QED) is 0.273. The van der Waals surface area contributed by atoms with Crippen LogP contribution in [-0.2, 0) is 0 Å². The molecule has 3 aromatic carbocycles. The molecular formula is C28H26N6S. The number of rotatable bonds is 5. The summed E-state index contributed by atoms with van der Waals surface area (Å²) < 4.78 is 1.76. The molecule has 0 aliphatic carbocycles. The Morgan fingerprint density at radius 1 is 0.914 bits per heavy atom. The molecule has 5 rings (SSSR count). The fraction of sp³-hybridized carbons (Fsp3) is 0.143.